The fraction of sp³-hybridized carbons (Fsp3) is 0.417. The van der Waals surface area contributed by atoms with Crippen LogP contribution in [-0.2, 0) is 9.59 Å². The number of likely N-dealkylation sites (tertiary alicyclic amines) is 1. The molecule has 0 unspecified atom stereocenters. The summed E-state index contributed by atoms with van der Waals surface area (Å²) in [4.78, 5) is 52.7. The standard InChI is InChI=1S/C24H27NO4S/c1-17-7-11-22(30-17)21(27)10-8-20(26)9-12-23(28)25-15-13-19(14-16-25)24(29)18-5-3-2-4-6-18/h2-7,11,19H,8-10,12-16H2,1H3. The average Bonchev–Trinajstić information content (AvgIpc) is 3.22. The van der Waals surface area contributed by atoms with Crippen molar-refractivity contribution in [1.29, 1.82) is 0 Å². The Labute approximate surface area is 181 Å². The van der Waals surface area contributed by atoms with Crippen molar-refractivity contribution in [3.05, 3.63) is 57.8 Å². The summed E-state index contributed by atoms with van der Waals surface area (Å²) >= 11 is 1.44. The Kier molecular flexibility index (Phi) is 7.69. The Bertz CT molecular complexity index is 910. The van der Waals surface area contributed by atoms with Crippen LogP contribution in [0.3, 0.4) is 0 Å². The first-order valence-electron chi connectivity index (χ1n) is 10.4. The summed E-state index contributed by atoms with van der Waals surface area (Å²) in [7, 11) is 0. The molecule has 1 amide bonds. The molecule has 0 atom stereocenters. The van der Waals surface area contributed by atoms with Gasteiger partial charge in [-0.25, -0.2) is 0 Å². The molecule has 0 aliphatic carbocycles. The van der Waals surface area contributed by atoms with E-state index in [9.17, 15) is 19.2 Å². The van der Waals surface area contributed by atoms with E-state index in [1.807, 2.05) is 43.3 Å². The molecule has 2 aromatic rings. The molecule has 6 heteroatoms. The van der Waals surface area contributed by atoms with E-state index in [-0.39, 0.29) is 54.9 Å². The zero-order chi connectivity index (χ0) is 21.5. The van der Waals surface area contributed by atoms with Crippen LogP contribution >= 0.6 is 11.3 Å². The molecule has 0 radical (unpaired) electrons. The molecule has 0 N–H and O–H groups in total. The highest BCUT2D eigenvalue weighted by atomic mass is 32.1. The summed E-state index contributed by atoms with van der Waals surface area (Å²) in [5, 5.41) is 0. The number of hydrogen-bond acceptors (Lipinski definition) is 5. The Hall–Kier alpha value is -2.60. The van der Waals surface area contributed by atoms with Gasteiger partial charge in [-0.1, -0.05) is 30.3 Å². The van der Waals surface area contributed by atoms with Crippen LogP contribution in [0, 0.1) is 12.8 Å². The minimum Gasteiger partial charge on any atom is -0.343 e. The molecule has 0 spiro atoms. The Balaban J connectivity index is 1.37. The van der Waals surface area contributed by atoms with Crippen LogP contribution in [0.25, 0.3) is 0 Å². The largest absolute Gasteiger partial charge is 0.343 e. The third kappa shape index (κ3) is 5.95. The van der Waals surface area contributed by atoms with Crippen LogP contribution in [0.15, 0.2) is 42.5 Å². The van der Waals surface area contributed by atoms with Crippen LogP contribution in [-0.4, -0.2) is 41.2 Å². The van der Waals surface area contributed by atoms with E-state index < -0.39 is 0 Å². The molecule has 3 rings (SSSR count). The number of thiophene rings is 1. The first-order chi connectivity index (χ1) is 14.4. The number of rotatable bonds is 9. The number of piperidine rings is 1. The second kappa shape index (κ2) is 10.4. The van der Waals surface area contributed by atoms with Gasteiger partial charge in [-0.15, -0.1) is 11.3 Å². The van der Waals surface area contributed by atoms with Crippen LogP contribution in [0.1, 0.15) is 63.4 Å². The molecule has 1 fully saturated rings. The van der Waals surface area contributed by atoms with E-state index in [1.165, 1.54) is 11.3 Å². The fourth-order valence-corrected chi connectivity index (χ4v) is 4.55. The predicted octanol–water partition coefficient (Wildman–Crippen LogP) is 4.49. The van der Waals surface area contributed by atoms with Crippen molar-refractivity contribution in [2.24, 2.45) is 5.92 Å². The van der Waals surface area contributed by atoms with Crippen LogP contribution < -0.4 is 0 Å². The summed E-state index contributed by atoms with van der Waals surface area (Å²) in [6.45, 7) is 3.04. The molecule has 5 nitrogen and oxygen atoms in total. The maximum absolute atomic E-state index is 12.5. The molecule has 0 saturated carbocycles. The Morgan fingerprint density at radius 3 is 2.20 bits per heavy atom. The highest BCUT2D eigenvalue weighted by Crippen LogP contribution is 2.23. The lowest BCUT2D eigenvalue weighted by Gasteiger charge is -2.31. The van der Waals surface area contributed by atoms with Crippen LogP contribution in [0.4, 0.5) is 0 Å². The summed E-state index contributed by atoms with van der Waals surface area (Å²) < 4.78 is 0. The van der Waals surface area contributed by atoms with E-state index in [1.54, 1.807) is 11.0 Å². The quantitative estimate of drug-likeness (QED) is 0.555. The van der Waals surface area contributed by atoms with E-state index in [0.29, 0.717) is 30.8 Å². The summed E-state index contributed by atoms with van der Waals surface area (Å²) in [5.41, 5.74) is 0.722. The lowest BCUT2D eigenvalue weighted by atomic mass is 9.89. The molecule has 1 saturated heterocycles. The molecule has 1 aliphatic heterocycles. The number of aryl methyl sites for hydroxylation is 1. The van der Waals surface area contributed by atoms with Crippen molar-refractivity contribution in [2.75, 3.05) is 13.1 Å². The van der Waals surface area contributed by atoms with Gasteiger partial charge in [0, 0.05) is 55.1 Å². The van der Waals surface area contributed by atoms with Gasteiger partial charge in [-0.3, -0.25) is 19.2 Å². The van der Waals surface area contributed by atoms with E-state index in [2.05, 4.69) is 0 Å². The zero-order valence-corrected chi connectivity index (χ0v) is 18.1. The number of nitrogens with zero attached hydrogens (tertiary/aromatic N) is 1. The van der Waals surface area contributed by atoms with Crippen LogP contribution in [0.5, 0.6) is 0 Å². The second-order valence-electron chi connectivity index (χ2n) is 7.76. The molecular formula is C24H27NO4S. The smallest absolute Gasteiger partial charge is 0.223 e. The topological polar surface area (TPSA) is 71.5 Å². The Morgan fingerprint density at radius 1 is 0.900 bits per heavy atom. The number of amides is 1. The molecule has 1 aromatic heterocycles. The fourth-order valence-electron chi connectivity index (χ4n) is 3.72. The van der Waals surface area contributed by atoms with Crippen molar-refractivity contribution < 1.29 is 19.2 Å². The summed E-state index contributed by atoms with van der Waals surface area (Å²) in [5.74, 6) is -0.0281. The van der Waals surface area contributed by atoms with Crippen LogP contribution in [0.2, 0.25) is 0 Å². The van der Waals surface area contributed by atoms with Gasteiger partial charge >= 0.3 is 0 Å². The maximum Gasteiger partial charge on any atom is 0.223 e. The van der Waals surface area contributed by atoms with Gasteiger partial charge in [-0.05, 0) is 31.9 Å². The van der Waals surface area contributed by atoms with Gasteiger partial charge in [0.2, 0.25) is 5.91 Å². The highest BCUT2D eigenvalue weighted by Gasteiger charge is 2.28. The lowest BCUT2D eigenvalue weighted by molar-refractivity contribution is -0.134. The number of ketones is 3. The average molecular weight is 426 g/mol. The summed E-state index contributed by atoms with van der Waals surface area (Å²) in [6, 6.07) is 13.0. The van der Waals surface area contributed by atoms with Gasteiger partial charge in [0.1, 0.15) is 5.78 Å². The molecule has 30 heavy (non-hydrogen) atoms. The number of hydrogen-bond donors (Lipinski definition) is 0. The van der Waals surface area contributed by atoms with Crippen molar-refractivity contribution >= 4 is 34.6 Å². The monoisotopic (exact) mass is 425 g/mol. The first-order valence-corrected chi connectivity index (χ1v) is 11.2. The van der Waals surface area contributed by atoms with E-state index in [4.69, 9.17) is 0 Å². The van der Waals surface area contributed by atoms with E-state index >= 15 is 0 Å². The van der Waals surface area contributed by atoms with Crippen molar-refractivity contribution in [2.45, 2.75) is 45.4 Å². The number of carbonyl (C=O) groups is 4. The minimum atomic E-state index is -0.0564. The number of carbonyl (C=O) groups excluding carboxylic acids is 4. The molecule has 2 heterocycles. The Morgan fingerprint density at radius 2 is 1.57 bits per heavy atom. The van der Waals surface area contributed by atoms with Gasteiger partial charge in [0.25, 0.3) is 0 Å². The van der Waals surface area contributed by atoms with Crippen molar-refractivity contribution in [3.8, 4) is 0 Å². The minimum absolute atomic E-state index is 0.0158. The lowest BCUT2D eigenvalue weighted by Crippen LogP contribution is -2.40. The molecular weight excluding hydrogens is 398 g/mol. The van der Waals surface area contributed by atoms with Gasteiger partial charge in [0.15, 0.2) is 11.6 Å². The second-order valence-corrected chi connectivity index (χ2v) is 9.05. The van der Waals surface area contributed by atoms with Crippen molar-refractivity contribution in [3.63, 3.8) is 0 Å². The SMILES string of the molecule is Cc1ccc(C(=O)CCC(=O)CCC(=O)N2CCC(C(=O)c3ccccc3)CC2)s1. The first kappa shape index (κ1) is 22.1. The van der Waals surface area contributed by atoms with E-state index in [0.717, 1.165) is 10.4 Å². The molecule has 158 valence electrons. The predicted molar refractivity (Wildman–Crippen MR) is 117 cm³/mol. The number of benzene rings is 1. The summed E-state index contributed by atoms with van der Waals surface area (Å²) in [6.07, 6.45) is 2.02. The molecule has 1 aromatic carbocycles. The maximum atomic E-state index is 12.5. The molecule has 1 aliphatic rings. The zero-order valence-electron chi connectivity index (χ0n) is 17.3. The van der Waals surface area contributed by atoms with Gasteiger partial charge < -0.3 is 4.90 Å². The van der Waals surface area contributed by atoms with Crippen molar-refractivity contribution in [1.82, 2.24) is 4.90 Å². The third-order valence-electron chi connectivity index (χ3n) is 5.54. The van der Waals surface area contributed by atoms with Gasteiger partial charge in [-0.2, -0.15) is 0 Å². The highest BCUT2D eigenvalue weighted by molar-refractivity contribution is 7.14. The number of Topliss-reactive ketones (excluding diaryl/α,β-unsaturated/α-hetero) is 3. The normalized spacial score (nSPS) is 14.5. The third-order valence-corrected chi connectivity index (χ3v) is 6.58. The van der Waals surface area contributed by atoms with Gasteiger partial charge in [0.05, 0.1) is 4.88 Å². The molecule has 0 bridgehead atoms.